The molecule has 83 heavy (non-hydrogen) atoms. The summed E-state index contributed by atoms with van der Waals surface area (Å²) in [6.07, 6.45) is 17.8. The molecule has 2 nitrogen and oxygen atoms in total. The first-order valence-electron chi connectivity index (χ1n) is 32.5. The van der Waals surface area contributed by atoms with Gasteiger partial charge in [0.05, 0.1) is 59.8 Å². The van der Waals surface area contributed by atoms with Crippen LogP contribution >= 0.6 is 0 Å². The number of hydrogen-bond donors (Lipinski definition) is 0. The van der Waals surface area contributed by atoms with Gasteiger partial charge in [0, 0.05) is 34.5 Å². The van der Waals surface area contributed by atoms with Crippen LogP contribution in [0.4, 0.5) is 13.2 Å². The van der Waals surface area contributed by atoms with Crippen molar-refractivity contribution < 1.29 is 22.1 Å². The van der Waals surface area contributed by atoms with Gasteiger partial charge in [0.2, 0.25) is 0 Å². The number of quaternary nitrogens is 2. The summed E-state index contributed by atoms with van der Waals surface area (Å²) in [5.41, 5.74) is 22.2. The molecule has 0 bridgehead atoms. The van der Waals surface area contributed by atoms with Gasteiger partial charge >= 0.3 is 6.18 Å². The number of piperidine rings is 2. The molecule has 0 aromatic heterocycles. The maximum atomic E-state index is 15.7. The lowest BCUT2D eigenvalue weighted by Crippen LogP contribution is -2.55. The van der Waals surface area contributed by atoms with Gasteiger partial charge in [0.15, 0.2) is 0 Å². The minimum Gasteiger partial charge on any atom is -0.328 e. The summed E-state index contributed by atoms with van der Waals surface area (Å²) in [5, 5.41) is 0. The van der Waals surface area contributed by atoms with E-state index in [9.17, 15) is 0 Å². The van der Waals surface area contributed by atoms with Gasteiger partial charge in [0.1, 0.15) is 5.41 Å². The van der Waals surface area contributed by atoms with E-state index in [4.69, 9.17) is 0 Å². The Bertz CT molecular complexity index is 3720. The Morgan fingerprint density at radius 3 is 1.13 bits per heavy atom. The Kier molecular flexibility index (Phi) is 12.3. The third-order valence-electron chi connectivity index (χ3n) is 24.4. The van der Waals surface area contributed by atoms with Crippen LogP contribution in [0.1, 0.15) is 201 Å². The predicted molar refractivity (Wildman–Crippen MR) is 335 cm³/mol. The SMILES string of the molecule is Cc1ccc2c(c1)C1(CCCCC1)c1cc(C3(c4ccc5c(c4)C4(CCCCC4)c4cc(C6(c7ccc8c(c7)C7(CCCCC7)c7cc(C(C)(c9ccccc9)C(F)(F)F)ccc7-8)CC[N+](C)(C)CC6)ccc4-5)CCC[N+](C)(C)C3)ccc1-2. The number of aryl methyl sites for hydroxylation is 1. The van der Waals surface area contributed by atoms with Crippen molar-refractivity contribution >= 4 is 0 Å². The summed E-state index contributed by atoms with van der Waals surface area (Å²) in [7, 11) is 9.79. The van der Waals surface area contributed by atoms with Crippen molar-refractivity contribution in [3.8, 4) is 33.4 Å². The van der Waals surface area contributed by atoms with Crippen LogP contribution in [0.15, 0.2) is 140 Å². The topological polar surface area (TPSA) is 0 Å². The fourth-order valence-corrected chi connectivity index (χ4v) is 19.8. The molecule has 6 aliphatic carbocycles. The number of nitrogens with zero attached hydrogens (tertiary/aromatic N) is 2. The lowest BCUT2D eigenvalue weighted by Gasteiger charge is -2.47. The highest BCUT2D eigenvalue weighted by Crippen LogP contribution is 2.63. The Labute approximate surface area is 493 Å². The van der Waals surface area contributed by atoms with Gasteiger partial charge in [-0.05, 0) is 165 Å². The highest BCUT2D eigenvalue weighted by Gasteiger charge is 2.56. The highest BCUT2D eigenvalue weighted by atomic mass is 19.4. The van der Waals surface area contributed by atoms with Crippen molar-refractivity contribution in [1.29, 1.82) is 0 Å². The van der Waals surface area contributed by atoms with Crippen molar-refractivity contribution in [1.82, 2.24) is 0 Å². The molecule has 0 amide bonds. The molecule has 0 radical (unpaired) electrons. The Morgan fingerprint density at radius 1 is 0.337 bits per heavy atom. The largest absolute Gasteiger partial charge is 0.402 e. The zero-order valence-corrected chi connectivity index (χ0v) is 50.6. The molecule has 2 saturated heterocycles. The zero-order chi connectivity index (χ0) is 57.0. The first-order chi connectivity index (χ1) is 39.9. The van der Waals surface area contributed by atoms with Gasteiger partial charge in [-0.15, -0.1) is 0 Å². The van der Waals surface area contributed by atoms with Crippen LogP contribution in [0, 0.1) is 6.92 Å². The Morgan fingerprint density at radius 2 is 0.711 bits per heavy atom. The van der Waals surface area contributed by atoms with E-state index in [2.05, 4.69) is 132 Å². The minimum absolute atomic E-state index is 0.0436. The predicted octanol–water partition coefficient (Wildman–Crippen LogP) is 18.9. The first kappa shape index (κ1) is 53.9. The van der Waals surface area contributed by atoms with E-state index in [-0.39, 0.29) is 32.6 Å². The summed E-state index contributed by atoms with van der Waals surface area (Å²) >= 11 is 0. The zero-order valence-electron chi connectivity index (χ0n) is 50.6. The van der Waals surface area contributed by atoms with Gasteiger partial charge < -0.3 is 8.97 Å². The monoisotopic (exact) mass is 1110 g/mol. The fourth-order valence-electron chi connectivity index (χ4n) is 19.8. The van der Waals surface area contributed by atoms with Crippen molar-refractivity contribution in [2.24, 2.45) is 0 Å². The second kappa shape index (κ2) is 18.9. The molecule has 3 spiro atoms. The van der Waals surface area contributed by atoms with E-state index >= 15 is 13.2 Å². The van der Waals surface area contributed by atoms with Crippen LogP contribution in [0.5, 0.6) is 0 Å². The van der Waals surface area contributed by atoms with Crippen molar-refractivity contribution in [3.05, 3.63) is 212 Å². The van der Waals surface area contributed by atoms with Crippen molar-refractivity contribution in [3.63, 3.8) is 0 Å². The average Bonchev–Trinajstić information content (AvgIpc) is 2.14. The molecule has 15 rings (SSSR count). The summed E-state index contributed by atoms with van der Waals surface area (Å²) in [4.78, 5) is 0. The molecule has 5 heteroatoms. The molecule has 2 heterocycles. The van der Waals surface area contributed by atoms with Crippen molar-refractivity contribution in [2.75, 3.05) is 54.4 Å². The molecule has 8 aliphatic rings. The van der Waals surface area contributed by atoms with Crippen LogP contribution in [-0.2, 0) is 32.5 Å². The summed E-state index contributed by atoms with van der Waals surface area (Å²) < 4.78 is 49.0. The maximum Gasteiger partial charge on any atom is 0.402 e. The minimum atomic E-state index is -4.47. The smallest absolute Gasteiger partial charge is 0.328 e. The molecule has 5 fully saturated rings. The van der Waals surface area contributed by atoms with Gasteiger partial charge in [-0.25, -0.2) is 0 Å². The van der Waals surface area contributed by atoms with E-state index in [1.54, 1.807) is 52.6 Å². The number of alkyl halides is 3. The standard InChI is InChI=1S/C78H87F3N2/c1-53-22-28-60-62-32-26-58(50-70(62)74(66(60)46-53)34-13-8-14-35-74)77(40-19-43-83(5,6)52-77)59-27-33-65-64-31-25-57(49-69(64)76(71(65)51-59)38-17-10-18-39-76)73(41-44-82(3,4)45-42-73)56-24-30-63-61-29-23-55(72(2,78(79,80)81)54-20-11-7-12-21-54)47-67(61)75(68(63)48-56)36-15-9-16-37-75/h7,11-12,20-33,46-51H,8-10,13-19,34-45,52H2,1-6H3/q+2. The van der Waals surface area contributed by atoms with Crippen LogP contribution in [0.3, 0.4) is 0 Å². The fraction of sp³-hybridized carbons (Fsp3) is 0.462. The molecule has 2 atom stereocenters. The maximum absolute atomic E-state index is 15.7. The number of fused-ring (bicyclic) bond motifs is 15. The van der Waals surface area contributed by atoms with Gasteiger partial charge in [-0.1, -0.05) is 203 Å². The van der Waals surface area contributed by atoms with Gasteiger partial charge in [-0.2, -0.15) is 13.2 Å². The molecular formula is C78H87F3N2+2. The molecule has 428 valence electrons. The second-order valence-corrected chi connectivity index (χ2v) is 29.7. The quantitative estimate of drug-likeness (QED) is 0.146. The molecule has 7 aromatic rings. The number of rotatable bonds is 6. The number of hydrogen-bond acceptors (Lipinski definition) is 0. The normalized spacial score (nSPS) is 24.3. The molecular weight excluding hydrogens is 1020 g/mol. The Balaban J connectivity index is 0.851. The Hall–Kier alpha value is -5.75. The molecule has 2 aliphatic heterocycles. The van der Waals surface area contributed by atoms with Crippen molar-refractivity contribution in [2.45, 2.75) is 175 Å². The molecule has 0 N–H and O–H groups in total. The second-order valence-electron chi connectivity index (χ2n) is 29.7. The molecule has 2 unspecified atom stereocenters. The summed E-state index contributed by atoms with van der Waals surface area (Å²) in [5.74, 6) is 0. The summed E-state index contributed by atoms with van der Waals surface area (Å²) in [6.45, 7) is 8.15. The number of likely N-dealkylation sites (N-methyl/N-ethyl adjacent to an activating group) is 1. The van der Waals surface area contributed by atoms with E-state index in [1.165, 1.54) is 152 Å². The van der Waals surface area contributed by atoms with E-state index in [0.717, 1.165) is 84.7 Å². The van der Waals surface area contributed by atoms with Crippen LogP contribution in [0.2, 0.25) is 0 Å². The van der Waals surface area contributed by atoms with Crippen LogP contribution in [-0.4, -0.2) is 69.5 Å². The number of halogens is 3. The third-order valence-corrected chi connectivity index (χ3v) is 24.4. The number of benzene rings is 7. The first-order valence-corrected chi connectivity index (χ1v) is 32.5. The van der Waals surface area contributed by atoms with Crippen LogP contribution < -0.4 is 0 Å². The lowest BCUT2D eigenvalue weighted by molar-refractivity contribution is -0.899. The molecule has 3 saturated carbocycles. The average molecular weight is 1110 g/mol. The highest BCUT2D eigenvalue weighted by molar-refractivity contribution is 5.85. The lowest BCUT2D eigenvalue weighted by atomic mass is 9.62. The third kappa shape index (κ3) is 7.86. The van der Waals surface area contributed by atoms with E-state index in [0.29, 0.717) is 5.56 Å². The molecule has 7 aromatic carbocycles. The van der Waals surface area contributed by atoms with Gasteiger partial charge in [0.25, 0.3) is 0 Å². The number of likely N-dealkylation sites (tertiary alicyclic amines) is 2. The summed E-state index contributed by atoms with van der Waals surface area (Å²) in [6, 6.07) is 52.9. The van der Waals surface area contributed by atoms with Gasteiger partial charge in [-0.3, -0.25) is 0 Å². The van der Waals surface area contributed by atoms with E-state index in [1.807, 2.05) is 12.1 Å². The van der Waals surface area contributed by atoms with Crippen LogP contribution in [0.25, 0.3) is 33.4 Å². The van der Waals surface area contributed by atoms with E-state index < -0.39 is 11.6 Å².